The maximum atomic E-state index is 13.3. The zero-order valence-corrected chi connectivity index (χ0v) is 11.2. The first-order chi connectivity index (χ1) is 9.08. The highest BCUT2D eigenvalue weighted by Gasteiger charge is 2.10. The van der Waals surface area contributed by atoms with Crippen molar-refractivity contribution in [3.8, 4) is 5.75 Å². The molecule has 0 bridgehead atoms. The van der Waals surface area contributed by atoms with Crippen molar-refractivity contribution in [2.24, 2.45) is 5.73 Å². The van der Waals surface area contributed by atoms with E-state index in [2.05, 4.69) is 0 Å². The van der Waals surface area contributed by atoms with Gasteiger partial charge in [0.15, 0.2) is 0 Å². The summed E-state index contributed by atoms with van der Waals surface area (Å²) in [6.07, 6.45) is 0. The molecule has 2 aromatic rings. The molecule has 0 saturated carbocycles. The molecule has 0 saturated heterocycles. The minimum Gasteiger partial charge on any atom is -0.488 e. The van der Waals surface area contributed by atoms with Crippen molar-refractivity contribution < 1.29 is 9.13 Å². The number of halogens is 1. The number of aryl methyl sites for hydroxylation is 1. The topological polar surface area (TPSA) is 35.2 Å². The molecule has 0 fully saturated rings. The molecule has 0 spiro atoms. The van der Waals surface area contributed by atoms with Crippen LogP contribution in [-0.2, 0) is 6.61 Å². The van der Waals surface area contributed by atoms with Crippen molar-refractivity contribution in [3.63, 3.8) is 0 Å². The molecular formula is C16H18FNO. The van der Waals surface area contributed by atoms with E-state index >= 15 is 0 Å². The normalized spacial score (nSPS) is 12.2. The molecule has 2 aromatic carbocycles. The highest BCUT2D eigenvalue weighted by atomic mass is 19.1. The van der Waals surface area contributed by atoms with Gasteiger partial charge in [0.1, 0.15) is 18.2 Å². The summed E-state index contributed by atoms with van der Waals surface area (Å²) in [4.78, 5) is 0. The summed E-state index contributed by atoms with van der Waals surface area (Å²) in [6.45, 7) is 4.29. The summed E-state index contributed by atoms with van der Waals surface area (Å²) in [5, 5.41) is 0. The van der Waals surface area contributed by atoms with Crippen molar-refractivity contribution >= 4 is 0 Å². The number of hydrogen-bond acceptors (Lipinski definition) is 2. The maximum absolute atomic E-state index is 13.3. The van der Waals surface area contributed by atoms with Gasteiger partial charge >= 0.3 is 0 Å². The highest BCUT2D eigenvalue weighted by molar-refractivity contribution is 5.36. The van der Waals surface area contributed by atoms with Crippen molar-refractivity contribution in [2.75, 3.05) is 0 Å². The highest BCUT2D eigenvalue weighted by Crippen LogP contribution is 2.26. The Kier molecular flexibility index (Phi) is 4.17. The zero-order chi connectivity index (χ0) is 13.8. The van der Waals surface area contributed by atoms with Crippen molar-refractivity contribution in [1.82, 2.24) is 0 Å². The monoisotopic (exact) mass is 259 g/mol. The Bertz CT molecular complexity index is 566. The Balaban J connectivity index is 2.19. The van der Waals surface area contributed by atoms with Crippen LogP contribution in [0.1, 0.15) is 29.7 Å². The van der Waals surface area contributed by atoms with Gasteiger partial charge in [-0.3, -0.25) is 0 Å². The molecular weight excluding hydrogens is 241 g/mol. The number of benzene rings is 2. The number of rotatable bonds is 4. The minimum absolute atomic E-state index is 0.188. The van der Waals surface area contributed by atoms with E-state index in [1.165, 1.54) is 12.1 Å². The second-order valence-electron chi connectivity index (χ2n) is 4.69. The lowest BCUT2D eigenvalue weighted by atomic mass is 10.1. The Labute approximate surface area is 113 Å². The average Bonchev–Trinajstić information content (AvgIpc) is 2.37. The third kappa shape index (κ3) is 3.32. The van der Waals surface area contributed by atoms with Crippen LogP contribution in [0.25, 0.3) is 0 Å². The molecule has 2 N–H and O–H groups in total. The first-order valence-corrected chi connectivity index (χ1v) is 6.30. The number of nitrogens with two attached hydrogens (primary N) is 1. The lowest BCUT2D eigenvalue weighted by molar-refractivity contribution is 0.299. The Hall–Kier alpha value is -1.87. The second-order valence-corrected chi connectivity index (χ2v) is 4.69. The van der Waals surface area contributed by atoms with E-state index in [0.29, 0.717) is 12.4 Å². The first kappa shape index (κ1) is 13.6. The molecule has 0 heterocycles. The molecule has 0 unspecified atom stereocenters. The smallest absolute Gasteiger partial charge is 0.127 e. The fraction of sp³-hybridized carbons (Fsp3) is 0.250. The van der Waals surface area contributed by atoms with Crippen LogP contribution in [0.2, 0.25) is 0 Å². The summed E-state index contributed by atoms with van der Waals surface area (Å²) in [5.41, 5.74) is 8.92. The van der Waals surface area contributed by atoms with Gasteiger partial charge in [-0.2, -0.15) is 0 Å². The van der Waals surface area contributed by atoms with Gasteiger partial charge in [-0.05, 0) is 31.0 Å². The van der Waals surface area contributed by atoms with Crippen LogP contribution in [0.3, 0.4) is 0 Å². The first-order valence-electron chi connectivity index (χ1n) is 6.30. The second kappa shape index (κ2) is 5.85. The summed E-state index contributed by atoms with van der Waals surface area (Å²) in [6, 6.07) is 12.2. The molecule has 0 aliphatic heterocycles. The Morgan fingerprint density at radius 3 is 2.63 bits per heavy atom. The van der Waals surface area contributed by atoms with Gasteiger partial charge < -0.3 is 10.5 Å². The third-order valence-electron chi connectivity index (χ3n) is 3.11. The maximum Gasteiger partial charge on any atom is 0.127 e. The van der Waals surface area contributed by atoms with Gasteiger partial charge in [0.2, 0.25) is 0 Å². The standard InChI is InChI=1S/C16H18FNO/c1-11-5-3-4-6-13(11)10-19-16-9-14(17)7-8-15(16)12(2)18/h3-9,12H,10,18H2,1-2H3/t12-/m0/s1. The van der Waals surface area contributed by atoms with Crippen LogP contribution in [0, 0.1) is 12.7 Å². The summed E-state index contributed by atoms with van der Waals surface area (Å²) < 4.78 is 19.0. The van der Waals surface area contributed by atoms with E-state index < -0.39 is 0 Å². The van der Waals surface area contributed by atoms with E-state index in [1.807, 2.05) is 38.1 Å². The SMILES string of the molecule is Cc1ccccc1COc1cc(F)ccc1[C@H](C)N. The van der Waals surface area contributed by atoms with Crippen LogP contribution < -0.4 is 10.5 Å². The summed E-state index contributed by atoms with van der Waals surface area (Å²) in [7, 11) is 0. The van der Waals surface area contributed by atoms with Gasteiger partial charge in [-0.25, -0.2) is 4.39 Å². The average molecular weight is 259 g/mol. The van der Waals surface area contributed by atoms with E-state index in [-0.39, 0.29) is 11.9 Å². The molecule has 2 nitrogen and oxygen atoms in total. The van der Waals surface area contributed by atoms with Crippen LogP contribution in [-0.4, -0.2) is 0 Å². The molecule has 2 rings (SSSR count). The predicted molar refractivity (Wildman–Crippen MR) is 74.5 cm³/mol. The van der Waals surface area contributed by atoms with Gasteiger partial charge in [0.05, 0.1) is 0 Å². The Morgan fingerprint density at radius 1 is 1.21 bits per heavy atom. The predicted octanol–water partition coefficient (Wildman–Crippen LogP) is 3.73. The lowest BCUT2D eigenvalue weighted by Gasteiger charge is -2.15. The van der Waals surface area contributed by atoms with Crippen LogP contribution in [0.15, 0.2) is 42.5 Å². The molecule has 0 aliphatic rings. The van der Waals surface area contributed by atoms with Crippen molar-refractivity contribution in [2.45, 2.75) is 26.5 Å². The van der Waals surface area contributed by atoms with Gasteiger partial charge in [0, 0.05) is 17.7 Å². The molecule has 0 aromatic heterocycles. The number of hydrogen-bond donors (Lipinski definition) is 1. The van der Waals surface area contributed by atoms with Gasteiger partial charge in [-0.1, -0.05) is 30.3 Å². The molecule has 0 amide bonds. The van der Waals surface area contributed by atoms with Gasteiger partial charge in [0.25, 0.3) is 0 Å². The fourth-order valence-electron chi connectivity index (χ4n) is 1.94. The molecule has 3 heteroatoms. The van der Waals surface area contributed by atoms with E-state index in [0.717, 1.165) is 16.7 Å². The van der Waals surface area contributed by atoms with Crippen LogP contribution >= 0.6 is 0 Å². The zero-order valence-electron chi connectivity index (χ0n) is 11.2. The van der Waals surface area contributed by atoms with E-state index in [4.69, 9.17) is 10.5 Å². The van der Waals surface area contributed by atoms with Crippen molar-refractivity contribution in [1.29, 1.82) is 0 Å². The third-order valence-corrected chi connectivity index (χ3v) is 3.11. The molecule has 100 valence electrons. The largest absolute Gasteiger partial charge is 0.488 e. The van der Waals surface area contributed by atoms with Crippen molar-refractivity contribution in [3.05, 3.63) is 65.0 Å². The van der Waals surface area contributed by atoms with Crippen LogP contribution in [0.5, 0.6) is 5.75 Å². The summed E-state index contributed by atoms with van der Waals surface area (Å²) >= 11 is 0. The van der Waals surface area contributed by atoms with E-state index in [9.17, 15) is 4.39 Å². The number of ether oxygens (including phenoxy) is 1. The molecule has 0 aliphatic carbocycles. The molecule has 1 atom stereocenters. The minimum atomic E-state index is -0.316. The molecule has 0 radical (unpaired) electrons. The fourth-order valence-corrected chi connectivity index (χ4v) is 1.94. The van der Waals surface area contributed by atoms with Crippen LogP contribution in [0.4, 0.5) is 4.39 Å². The van der Waals surface area contributed by atoms with E-state index in [1.54, 1.807) is 6.07 Å². The summed E-state index contributed by atoms with van der Waals surface area (Å²) in [5.74, 6) is 0.197. The van der Waals surface area contributed by atoms with Gasteiger partial charge in [-0.15, -0.1) is 0 Å². The molecule has 19 heavy (non-hydrogen) atoms. The Morgan fingerprint density at radius 2 is 1.95 bits per heavy atom. The lowest BCUT2D eigenvalue weighted by Crippen LogP contribution is -2.08. The quantitative estimate of drug-likeness (QED) is 0.908.